The molecule has 0 aromatic heterocycles. The SMILES string of the molecule is CCCCCCCCCCOc1cc(C(=O)O[C@H]2CN(C(=O)OCc3ccccc3)C[C@@H]2NC(=O)c2ccc(OCc3ccccc3)cc2)cc(O)c1C(=O)c1c(O)cccc1C(=O)O. The zero-order valence-electron chi connectivity index (χ0n) is 36.3. The Bertz CT molecular complexity index is 2410. The Morgan fingerprint density at radius 2 is 1.31 bits per heavy atom. The van der Waals surface area contributed by atoms with Gasteiger partial charge >= 0.3 is 18.0 Å². The monoisotopic (exact) mass is 886 g/mol. The summed E-state index contributed by atoms with van der Waals surface area (Å²) in [6.45, 7) is 2.33. The average molecular weight is 887 g/mol. The van der Waals surface area contributed by atoms with Gasteiger partial charge in [0.1, 0.15) is 47.9 Å². The third-order valence-corrected chi connectivity index (χ3v) is 11.0. The molecule has 1 fully saturated rings. The van der Waals surface area contributed by atoms with Crippen LogP contribution in [0.25, 0.3) is 0 Å². The maximum absolute atomic E-state index is 14.0. The summed E-state index contributed by atoms with van der Waals surface area (Å²) in [5.41, 5.74) is 0.258. The van der Waals surface area contributed by atoms with Crippen molar-refractivity contribution in [2.45, 2.75) is 83.6 Å². The number of hydrogen-bond acceptors (Lipinski definition) is 11. The third-order valence-electron chi connectivity index (χ3n) is 11.0. The molecule has 5 aromatic rings. The van der Waals surface area contributed by atoms with Crippen molar-refractivity contribution in [2.75, 3.05) is 19.7 Å². The molecule has 2 atom stereocenters. The number of ether oxygens (including phenoxy) is 4. The number of benzene rings is 5. The van der Waals surface area contributed by atoms with Crippen molar-refractivity contribution in [1.29, 1.82) is 0 Å². The number of aromatic carboxylic acids is 1. The Hall–Kier alpha value is -7.35. The van der Waals surface area contributed by atoms with Crippen molar-refractivity contribution >= 4 is 29.7 Å². The lowest BCUT2D eigenvalue weighted by Gasteiger charge is -2.21. The van der Waals surface area contributed by atoms with Gasteiger partial charge in [-0.3, -0.25) is 9.59 Å². The van der Waals surface area contributed by atoms with E-state index in [-0.39, 0.29) is 43.2 Å². The fourth-order valence-electron chi connectivity index (χ4n) is 7.45. The van der Waals surface area contributed by atoms with Crippen LogP contribution in [0.2, 0.25) is 0 Å². The second-order valence-corrected chi connectivity index (χ2v) is 15.8. The standard InChI is InChI=1S/C51H54N2O12/c1-2-3-4-5-6-7-8-15-27-62-43-29-37(28-42(55)46(43)47(56)45-39(49(58)59)21-16-22-41(45)54)50(60)65-44-31-53(51(61)64-33-35-19-13-10-14-20-35)30-40(44)52-48(57)36-23-25-38(26-24-36)63-32-34-17-11-9-12-18-34/h9-14,16-26,28-29,40,44,54-55H,2-8,15,27,30-33H2,1H3,(H,52,57)(H,58,59)/t40-,44-/m0/s1. The molecule has 340 valence electrons. The first kappa shape index (κ1) is 47.1. The summed E-state index contributed by atoms with van der Waals surface area (Å²) in [5, 5.41) is 34.7. The van der Waals surface area contributed by atoms with Crippen LogP contribution in [0.3, 0.4) is 0 Å². The molecule has 1 heterocycles. The summed E-state index contributed by atoms with van der Waals surface area (Å²) in [6, 6.07) is 30.0. The molecule has 1 saturated heterocycles. The quantitative estimate of drug-likeness (QED) is 0.0293. The minimum Gasteiger partial charge on any atom is -0.507 e. The average Bonchev–Trinajstić information content (AvgIpc) is 3.71. The van der Waals surface area contributed by atoms with Crippen LogP contribution in [0, 0.1) is 0 Å². The number of phenols is 2. The molecule has 0 bridgehead atoms. The van der Waals surface area contributed by atoms with Crippen LogP contribution >= 0.6 is 0 Å². The van der Waals surface area contributed by atoms with Gasteiger partial charge in [0.05, 0.1) is 35.9 Å². The molecule has 65 heavy (non-hydrogen) atoms. The Balaban J connectivity index is 1.21. The summed E-state index contributed by atoms with van der Waals surface area (Å²) >= 11 is 0. The van der Waals surface area contributed by atoms with E-state index < -0.39 is 70.1 Å². The molecule has 0 unspecified atom stereocenters. The number of ketones is 1. The molecule has 5 aromatic carbocycles. The van der Waals surface area contributed by atoms with Crippen LogP contribution in [0.5, 0.6) is 23.0 Å². The number of nitrogens with one attached hydrogen (secondary N) is 1. The highest BCUT2D eigenvalue weighted by Crippen LogP contribution is 2.36. The van der Waals surface area contributed by atoms with Crippen molar-refractivity contribution in [3.63, 3.8) is 0 Å². The van der Waals surface area contributed by atoms with E-state index in [4.69, 9.17) is 18.9 Å². The minimum absolute atomic E-state index is 0.0167. The van der Waals surface area contributed by atoms with Gasteiger partial charge in [-0.15, -0.1) is 0 Å². The van der Waals surface area contributed by atoms with Crippen molar-refractivity contribution in [3.8, 4) is 23.0 Å². The number of esters is 1. The number of hydrogen-bond donors (Lipinski definition) is 4. The lowest BCUT2D eigenvalue weighted by Crippen LogP contribution is -2.44. The number of carbonyl (C=O) groups is 5. The zero-order chi connectivity index (χ0) is 46.1. The maximum atomic E-state index is 14.0. The Morgan fingerprint density at radius 3 is 1.97 bits per heavy atom. The molecular formula is C51H54N2O12. The number of carbonyl (C=O) groups excluding carboxylic acids is 4. The van der Waals surface area contributed by atoms with Crippen LogP contribution in [-0.4, -0.2) is 81.8 Å². The third kappa shape index (κ3) is 13.1. The lowest BCUT2D eigenvalue weighted by atomic mass is 9.95. The molecule has 1 aliphatic rings. The van der Waals surface area contributed by atoms with E-state index in [2.05, 4.69) is 12.2 Å². The Kier molecular flexibility index (Phi) is 16.9. The number of likely N-dealkylation sites (tertiary alicyclic amines) is 1. The van der Waals surface area contributed by atoms with Gasteiger partial charge < -0.3 is 44.5 Å². The van der Waals surface area contributed by atoms with Crippen LogP contribution in [0.1, 0.15) is 116 Å². The van der Waals surface area contributed by atoms with E-state index in [0.717, 1.165) is 67.9 Å². The van der Waals surface area contributed by atoms with E-state index in [1.54, 1.807) is 36.4 Å². The number of amides is 2. The largest absolute Gasteiger partial charge is 0.507 e. The molecular weight excluding hydrogens is 833 g/mol. The van der Waals surface area contributed by atoms with Gasteiger partial charge in [-0.25, -0.2) is 14.4 Å². The first-order chi connectivity index (χ1) is 31.5. The van der Waals surface area contributed by atoms with Gasteiger partial charge in [0, 0.05) is 12.1 Å². The second-order valence-electron chi connectivity index (χ2n) is 15.8. The van der Waals surface area contributed by atoms with Gasteiger partial charge in [-0.1, -0.05) is 119 Å². The molecule has 0 aliphatic carbocycles. The Morgan fingerprint density at radius 1 is 0.662 bits per heavy atom. The molecule has 1 aliphatic heterocycles. The summed E-state index contributed by atoms with van der Waals surface area (Å²) in [5.74, 6) is -5.04. The fourth-order valence-corrected chi connectivity index (χ4v) is 7.45. The first-order valence-corrected chi connectivity index (χ1v) is 21.9. The van der Waals surface area contributed by atoms with Gasteiger partial charge in [-0.05, 0) is 66.1 Å². The second kappa shape index (κ2) is 23.4. The van der Waals surface area contributed by atoms with Crippen molar-refractivity contribution < 1.29 is 58.2 Å². The van der Waals surface area contributed by atoms with Gasteiger partial charge in [-0.2, -0.15) is 0 Å². The number of carboxylic acids is 1. The van der Waals surface area contributed by atoms with Gasteiger partial charge in [0.15, 0.2) is 0 Å². The fraction of sp³-hybridized carbons (Fsp3) is 0.314. The molecule has 14 nitrogen and oxygen atoms in total. The highest BCUT2D eigenvalue weighted by atomic mass is 16.6. The van der Waals surface area contributed by atoms with Crippen LogP contribution in [0.15, 0.2) is 115 Å². The molecule has 6 rings (SSSR count). The highest BCUT2D eigenvalue weighted by Gasteiger charge is 2.40. The van der Waals surface area contributed by atoms with E-state index in [0.29, 0.717) is 18.8 Å². The molecule has 2 amide bonds. The smallest absolute Gasteiger partial charge is 0.410 e. The van der Waals surface area contributed by atoms with E-state index in [9.17, 15) is 39.3 Å². The number of aromatic hydroxyl groups is 2. The summed E-state index contributed by atoms with van der Waals surface area (Å²) < 4.78 is 23.4. The topological polar surface area (TPSA) is 198 Å². The van der Waals surface area contributed by atoms with Crippen LogP contribution < -0.4 is 14.8 Å². The highest BCUT2D eigenvalue weighted by molar-refractivity contribution is 6.18. The molecule has 0 saturated carbocycles. The number of phenolic OH excluding ortho intramolecular Hbond substituents is 2. The van der Waals surface area contributed by atoms with Crippen LogP contribution in [0.4, 0.5) is 4.79 Å². The summed E-state index contributed by atoms with van der Waals surface area (Å²) in [6.07, 6.45) is 6.21. The van der Waals surface area contributed by atoms with Crippen LogP contribution in [-0.2, 0) is 22.7 Å². The van der Waals surface area contributed by atoms with Crippen molar-refractivity contribution in [2.24, 2.45) is 0 Å². The van der Waals surface area contributed by atoms with E-state index in [1.807, 2.05) is 48.5 Å². The molecule has 4 N–H and O–H groups in total. The van der Waals surface area contributed by atoms with Gasteiger partial charge in [0.25, 0.3) is 5.91 Å². The normalized spacial score (nSPS) is 14.3. The predicted molar refractivity (Wildman–Crippen MR) is 241 cm³/mol. The van der Waals surface area contributed by atoms with E-state index >= 15 is 0 Å². The minimum atomic E-state index is -1.48. The summed E-state index contributed by atoms with van der Waals surface area (Å²) in [7, 11) is 0. The molecule has 0 radical (unpaired) electrons. The number of rotatable bonds is 22. The van der Waals surface area contributed by atoms with E-state index in [1.165, 1.54) is 23.5 Å². The summed E-state index contributed by atoms with van der Waals surface area (Å²) in [4.78, 5) is 68.4. The zero-order valence-corrected chi connectivity index (χ0v) is 36.3. The number of carboxylic acid groups (broad SMARTS) is 1. The van der Waals surface area contributed by atoms with Crippen molar-refractivity contribution in [1.82, 2.24) is 10.2 Å². The number of unbranched alkanes of at least 4 members (excludes halogenated alkanes) is 7. The van der Waals surface area contributed by atoms with Crippen molar-refractivity contribution in [3.05, 3.63) is 154 Å². The Labute approximate surface area is 377 Å². The molecule has 0 spiro atoms. The maximum Gasteiger partial charge on any atom is 0.410 e. The molecule has 14 heteroatoms. The number of nitrogens with zero attached hydrogens (tertiary/aromatic N) is 1. The lowest BCUT2D eigenvalue weighted by molar-refractivity contribution is 0.0259. The first-order valence-electron chi connectivity index (χ1n) is 21.9. The predicted octanol–water partition coefficient (Wildman–Crippen LogP) is 9.10. The van der Waals surface area contributed by atoms with Gasteiger partial charge in [0.2, 0.25) is 5.78 Å².